The van der Waals surface area contributed by atoms with Crippen LogP contribution in [0.5, 0.6) is 0 Å². The Hall–Kier alpha value is -2.89. The molecule has 2 atom stereocenters. The second-order valence-corrected chi connectivity index (χ2v) is 10.8. The van der Waals surface area contributed by atoms with Gasteiger partial charge in [-0.2, -0.15) is 5.26 Å². The predicted octanol–water partition coefficient (Wildman–Crippen LogP) is 4.52. The van der Waals surface area contributed by atoms with Crippen molar-refractivity contribution in [2.45, 2.75) is 38.0 Å². The quantitative estimate of drug-likeness (QED) is 0.568. The highest BCUT2D eigenvalue weighted by molar-refractivity contribution is 6.34. The van der Waals surface area contributed by atoms with Gasteiger partial charge in [-0.15, -0.1) is 0 Å². The molecule has 1 amide bonds. The number of nitrogens with two attached hydrogens (primary N) is 1. The molecule has 35 heavy (non-hydrogen) atoms. The van der Waals surface area contributed by atoms with E-state index in [1.165, 1.54) is 11.1 Å². The lowest BCUT2D eigenvalue weighted by Gasteiger charge is -2.26. The summed E-state index contributed by atoms with van der Waals surface area (Å²) in [6.07, 6.45) is 4.52. The molecule has 2 aliphatic rings. The predicted molar refractivity (Wildman–Crippen MR) is 137 cm³/mol. The Morgan fingerprint density at radius 1 is 1.29 bits per heavy atom. The van der Waals surface area contributed by atoms with Crippen LogP contribution in [0, 0.1) is 22.6 Å². The zero-order chi connectivity index (χ0) is 25.5. The summed E-state index contributed by atoms with van der Waals surface area (Å²) in [5, 5.41) is 13.4. The van der Waals surface area contributed by atoms with Crippen LogP contribution in [0.4, 0.5) is 15.9 Å². The average Bonchev–Trinajstić information content (AvgIpc) is 3.35. The summed E-state index contributed by atoms with van der Waals surface area (Å²) in [6, 6.07) is 5.53. The number of carbonyl (C=O) groups is 1. The van der Waals surface area contributed by atoms with Gasteiger partial charge in [-0.05, 0) is 65.4 Å². The van der Waals surface area contributed by atoms with Crippen LogP contribution >= 0.6 is 11.6 Å². The zero-order valence-corrected chi connectivity index (χ0v) is 21.5. The van der Waals surface area contributed by atoms with E-state index in [4.69, 9.17) is 17.3 Å². The minimum Gasteiger partial charge on any atom is -0.398 e. The van der Waals surface area contributed by atoms with Gasteiger partial charge in [0.1, 0.15) is 11.6 Å². The Labute approximate surface area is 211 Å². The van der Waals surface area contributed by atoms with E-state index >= 15 is 4.39 Å². The maximum absolute atomic E-state index is 15.9. The second-order valence-electron chi connectivity index (χ2n) is 10.5. The van der Waals surface area contributed by atoms with Gasteiger partial charge >= 0.3 is 0 Å². The number of pyridine rings is 1. The third kappa shape index (κ3) is 4.43. The minimum absolute atomic E-state index is 0.0830. The summed E-state index contributed by atoms with van der Waals surface area (Å²) >= 11 is 6.94. The first kappa shape index (κ1) is 25.2. The Bertz CT molecular complexity index is 1210. The summed E-state index contributed by atoms with van der Waals surface area (Å²) < 4.78 is 15.9. The van der Waals surface area contributed by atoms with E-state index < -0.39 is 17.1 Å². The average molecular weight is 499 g/mol. The van der Waals surface area contributed by atoms with E-state index in [2.05, 4.69) is 16.4 Å². The maximum Gasteiger partial charge on any atom is 0.258 e. The van der Waals surface area contributed by atoms with Crippen LogP contribution in [0.1, 0.15) is 48.5 Å². The Morgan fingerprint density at radius 2 is 2.03 bits per heavy atom. The highest BCUT2D eigenvalue weighted by Gasteiger charge is 2.52. The van der Waals surface area contributed by atoms with Crippen molar-refractivity contribution in [3.63, 3.8) is 0 Å². The molecule has 1 aromatic carbocycles. The Balaban J connectivity index is 1.72. The van der Waals surface area contributed by atoms with E-state index in [-0.39, 0.29) is 22.2 Å². The number of fused-ring (bicyclic) bond motifs is 2. The fraction of sp³-hybridized carbons (Fsp3) is 0.500. The van der Waals surface area contributed by atoms with Gasteiger partial charge in [0.25, 0.3) is 5.91 Å². The number of halogens is 2. The molecule has 4 rings (SSSR count). The van der Waals surface area contributed by atoms with Crippen molar-refractivity contribution in [1.82, 2.24) is 14.8 Å². The van der Waals surface area contributed by atoms with Crippen LogP contribution < -0.4 is 11.1 Å². The normalized spacial score (nSPS) is 22.8. The number of hydrogen-bond donors (Lipinski definition) is 2. The van der Waals surface area contributed by atoms with Gasteiger partial charge in [0.05, 0.1) is 22.1 Å². The number of carbonyl (C=O) groups excluding carboxylic acids is 1. The second kappa shape index (κ2) is 9.29. The van der Waals surface area contributed by atoms with Crippen LogP contribution in [0.25, 0.3) is 11.1 Å². The molecule has 3 N–H and O–H groups in total. The Kier molecular flexibility index (Phi) is 6.69. The molecule has 186 valence electrons. The largest absolute Gasteiger partial charge is 0.398 e. The van der Waals surface area contributed by atoms with E-state index in [9.17, 15) is 10.1 Å². The smallest absolute Gasteiger partial charge is 0.258 e. The maximum atomic E-state index is 15.9. The van der Waals surface area contributed by atoms with Gasteiger partial charge in [-0.1, -0.05) is 11.6 Å². The summed E-state index contributed by atoms with van der Waals surface area (Å²) in [4.78, 5) is 21.2. The molecule has 7 nitrogen and oxygen atoms in total. The molecular weight excluding hydrogens is 467 g/mol. The molecule has 1 fully saturated rings. The first-order chi connectivity index (χ1) is 16.5. The van der Waals surface area contributed by atoms with E-state index in [0.29, 0.717) is 35.9 Å². The van der Waals surface area contributed by atoms with Gasteiger partial charge in [0.15, 0.2) is 0 Å². The number of nitrogens with zero attached hydrogens (tertiary/aromatic N) is 4. The third-order valence-electron chi connectivity index (χ3n) is 7.42. The molecule has 0 saturated heterocycles. The molecular formula is C26H32ClFN6O. The molecule has 0 bridgehead atoms. The lowest BCUT2D eigenvalue weighted by atomic mass is 9.77. The molecule has 1 aliphatic carbocycles. The Morgan fingerprint density at radius 3 is 2.69 bits per heavy atom. The topological polar surface area (TPSA) is 98.3 Å². The highest BCUT2D eigenvalue weighted by atomic mass is 35.5. The van der Waals surface area contributed by atoms with E-state index in [1.54, 1.807) is 19.2 Å². The van der Waals surface area contributed by atoms with Gasteiger partial charge in [-0.3, -0.25) is 4.79 Å². The van der Waals surface area contributed by atoms with Crippen molar-refractivity contribution in [2.75, 3.05) is 51.8 Å². The van der Waals surface area contributed by atoms with Crippen molar-refractivity contribution in [3.8, 4) is 17.2 Å². The number of rotatable bonds is 6. The molecule has 1 saturated carbocycles. The fourth-order valence-corrected chi connectivity index (χ4v) is 5.91. The third-order valence-corrected chi connectivity index (χ3v) is 7.81. The molecule has 1 aromatic heterocycles. The zero-order valence-electron chi connectivity index (χ0n) is 20.7. The SMILES string of the molecule is CN(C)CCCN(C)C(=O)c1c(N)ccc(-c2cnc3c(c2Cl)[C@]2(CC[C@](C)(C#N)C2)CN3)c1F. The van der Waals surface area contributed by atoms with Crippen LogP contribution in [0.3, 0.4) is 0 Å². The number of amides is 1. The van der Waals surface area contributed by atoms with Crippen LogP contribution in [0.2, 0.25) is 5.02 Å². The first-order valence-electron chi connectivity index (χ1n) is 11.8. The number of aromatic nitrogens is 1. The summed E-state index contributed by atoms with van der Waals surface area (Å²) in [7, 11) is 5.57. The van der Waals surface area contributed by atoms with Gasteiger partial charge < -0.3 is 20.9 Å². The monoisotopic (exact) mass is 498 g/mol. The molecule has 1 aliphatic heterocycles. The number of nitrogens with one attached hydrogen (secondary N) is 1. The van der Waals surface area contributed by atoms with E-state index in [0.717, 1.165) is 31.4 Å². The van der Waals surface area contributed by atoms with Gasteiger partial charge in [0, 0.05) is 54.1 Å². The van der Waals surface area contributed by atoms with Crippen LogP contribution in [-0.2, 0) is 5.41 Å². The van der Waals surface area contributed by atoms with Gasteiger partial charge in [-0.25, -0.2) is 9.37 Å². The fourth-order valence-electron chi connectivity index (χ4n) is 5.47. The van der Waals surface area contributed by atoms with Crippen molar-refractivity contribution >= 4 is 29.0 Å². The lowest BCUT2D eigenvalue weighted by molar-refractivity contribution is 0.0787. The highest BCUT2D eigenvalue weighted by Crippen LogP contribution is 2.57. The van der Waals surface area contributed by atoms with Crippen LogP contribution in [-0.4, -0.2) is 61.5 Å². The summed E-state index contributed by atoms with van der Waals surface area (Å²) in [6.45, 7) is 3.90. The number of nitriles is 1. The van der Waals surface area contributed by atoms with Crippen molar-refractivity contribution in [1.29, 1.82) is 5.26 Å². The minimum atomic E-state index is -0.702. The molecule has 0 unspecified atom stereocenters. The van der Waals surface area contributed by atoms with Crippen molar-refractivity contribution in [3.05, 3.63) is 40.3 Å². The van der Waals surface area contributed by atoms with Crippen LogP contribution in [0.15, 0.2) is 18.3 Å². The van der Waals surface area contributed by atoms with Gasteiger partial charge in [0.2, 0.25) is 0 Å². The molecule has 9 heteroatoms. The molecule has 1 spiro atoms. The standard InChI is InChI=1S/C26H32ClFN6O/c1-25(14-29)8-9-26(13-25)15-32-23-20(26)21(27)17(12-31-23)16-6-7-18(30)19(22(16)28)24(35)34(4)11-5-10-33(2)3/h6-7,12H,5,8-11,13,15,30H2,1-4H3,(H,31,32)/t25-,26-/m0/s1. The number of nitrogen functional groups attached to an aromatic ring is 1. The molecule has 2 aromatic rings. The number of hydrogen-bond acceptors (Lipinski definition) is 6. The first-order valence-corrected chi connectivity index (χ1v) is 12.2. The summed E-state index contributed by atoms with van der Waals surface area (Å²) in [5.41, 5.74) is 6.67. The lowest BCUT2D eigenvalue weighted by Crippen LogP contribution is -2.31. The molecule has 0 radical (unpaired) electrons. The molecule has 2 heterocycles. The van der Waals surface area contributed by atoms with Crippen molar-refractivity contribution in [2.24, 2.45) is 5.41 Å². The number of benzene rings is 1. The summed E-state index contributed by atoms with van der Waals surface area (Å²) in [5.74, 6) is -0.496. The van der Waals surface area contributed by atoms with E-state index in [1.807, 2.05) is 25.9 Å². The number of anilines is 2. The van der Waals surface area contributed by atoms with Crippen molar-refractivity contribution < 1.29 is 9.18 Å².